The van der Waals surface area contributed by atoms with Gasteiger partial charge in [-0.15, -0.1) is 0 Å². The lowest BCUT2D eigenvalue weighted by molar-refractivity contribution is -0.385. The van der Waals surface area contributed by atoms with Crippen molar-refractivity contribution in [3.8, 4) is 0 Å². The zero-order valence-electron chi connectivity index (χ0n) is 15.1. The molecule has 1 aromatic rings. The van der Waals surface area contributed by atoms with Gasteiger partial charge in [-0.05, 0) is 19.8 Å². The van der Waals surface area contributed by atoms with Crippen molar-refractivity contribution in [3.05, 3.63) is 51.2 Å². The van der Waals surface area contributed by atoms with Gasteiger partial charge in [-0.3, -0.25) is 15.1 Å². The second kappa shape index (κ2) is 7.47. The normalized spacial score (nSPS) is 20.0. The standard InChI is InChI=1S/C18H21N3O5/c1-9(2)14-10(3)20-11(4)15(17(22)26-18(19)23)16(14)12-7-5-6-8-13(12)21(24)25/h5-9,14,16H,1-4H3,(H2,19,23). The van der Waals surface area contributed by atoms with Crippen molar-refractivity contribution in [2.24, 2.45) is 22.6 Å². The number of hydrogen-bond donors (Lipinski definition) is 1. The number of rotatable bonds is 4. The Hall–Kier alpha value is -3.03. The summed E-state index contributed by atoms with van der Waals surface area (Å²) in [5, 5.41) is 11.5. The number of nitro groups is 1. The SMILES string of the molecule is CC1=NC(C)=C(C(=O)OC(N)=O)C(c2ccccc2[N+](=O)[O-])C1C(C)C. The van der Waals surface area contributed by atoms with Gasteiger partial charge in [-0.1, -0.05) is 32.0 Å². The molecular weight excluding hydrogens is 338 g/mol. The summed E-state index contributed by atoms with van der Waals surface area (Å²) >= 11 is 0. The Morgan fingerprint density at radius 3 is 2.42 bits per heavy atom. The number of benzene rings is 1. The van der Waals surface area contributed by atoms with Crippen molar-refractivity contribution in [2.45, 2.75) is 33.6 Å². The number of hydrogen-bond acceptors (Lipinski definition) is 6. The van der Waals surface area contributed by atoms with E-state index in [0.717, 1.165) is 5.71 Å². The van der Waals surface area contributed by atoms with Crippen LogP contribution in [-0.4, -0.2) is 22.7 Å². The van der Waals surface area contributed by atoms with Crippen LogP contribution in [0, 0.1) is 22.0 Å². The zero-order valence-corrected chi connectivity index (χ0v) is 15.1. The highest BCUT2D eigenvalue weighted by atomic mass is 16.6. The van der Waals surface area contributed by atoms with Gasteiger partial charge in [0.25, 0.3) is 5.69 Å². The summed E-state index contributed by atoms with van der Waals surface area (Å²) in [5.41, 5.74) is 6.48. The van der Waals surface area contributed by atoms with Gasteiger partial charge in [0.1, 0.15) is 0 Å². The molecule has 2 atom stereocenters. The third-order valence-electron chi connectivity index (χ3n) is 4.49. The molecule has 2 rings (SSSR count). The highest BCUT2D eigenvalue weighted by Gasteiger charge is 2.42. The number of nitrogens with two attached hydrogens (primary N) is 1. The molecule has 0 aromatic heterocycles. The largest absolute Gasteiger partial charge is 0.412 e. The first kappa shape index (κ1) is 19.3. The highest BCUT2D eigenvalue weighted by molar-refractivity contribution is 6.01. The Bertz CT molecular complexity index is 826. The third kappa shape index (κ3) is 3.63. The lowest BCUT2D eigenvalue weighted by Gasteiger charge is -2.35. The van der Waals surface area contributed by atoms with Gasteiger partial charge in [0.2, 0.25) is 0 Å². The molecule has 0 saturated carbocycles. The molecule has 1 heterocycles. The number of allylic oxidation sites excluding steroid dienone is 1. The van der Waals surface area contributed by atoms with E-state index < -0.39 is 22.9 Å². The van der Waals surface area contributed by atoms with E-state index in [1.807, 2.05) is 20.8 Å². The average molecular weight is 359 g/mol. The molecule has 138 valence electrons. The maximum atomic E-state index is 12.5. The minimum absolute atomic E-state index is 0.0352. The van der Waals surface area contributed by atoms with Crippen LogP contribution in [0.15, 0.2) is 40.5 Å². The van der Waals surface area contributed by atoms with Gasteiger partial charge in [0, 0.05) is 34.9 Å². The van der Waals surface area contributed by atoms with E-state index in [2.05, 4.69) is 9.73 Å². The van der Waals surface area contributed by atoms with Gasteiger partial charge in [-0.25, -0.2) is 9.59 Å². The summed E-state index contributed by atoms with van der Waals surface area (Å²) in [6.45, 7) is 7.33. The van der Waals surface area contributed by atoms with E-state index in [0.29, 0.717) is 11.3 Å². The van der Waals surface area contributed by atoms with Gasteiger partial charge in [0.15, 0.2) is 0 Å². The number of carbonyl (C=O) groups is 2. The van der Waals surface area contributed by atoms with Crippen LogP contribution in [0.2, 0.25) is 0 Å². The molecule has 8 nitrogen and oxygen atoms in total. The molecule has 1 amide bonds. The Balaban J connectivity index is 2.74. The maximum absolute atomic E-state index is 12.5. The number of aliphatic imine (C=N–C) groups is 1. The third-order valence-corrected chi connectivity index (χ3v) is 4.49. The molecule has 0 bridgehead atoms. The number of carbonyl (C=O) groups excluding carboxylic acids is 2. The Labute approximate surface area is 150 Å². The minimum Gasteiger partial charge on any atom is -0.373 e. The Kier molecular flexibility index (Phi) is 5.54. The number of nitrogens with zero attached hydrogens (tertiary/aromatic N) is 2. The van der Waals surface area contributed by atoms with E-state index in [1.165, 1.54) is 6.07 Å². The number of primary amides is 1. The van der Waals surface area contributed by atoms with E-state index in [-0.39, 0.29) is 23.1 Å². The average Bonchev–Trinajstić information content (AvgIpc) is 2.52. The van der Waals surface area contributed by atoms with Gasteiger partial charge >= 0.3 is 12.1 Å². The van der Waals surface area contributed by atoms with Gasteiger partial charge in [-0.2, -0.15) is 0 Å². The number of esters is 1. The van der Waals surface area contributed by atoms with Crippen molar-refractivity contribution >= 4 is 23.5 Å². The molecule has 1 aliphatic heterocycles. The maximum Gasteiger partial charge on any atom is 0.412 e. The molecular formula is C18H21N3O5. The molecule has 0 spiro atoms. The quantitative estimate of drug-likeness (QED) is 0.382. The predicted octanol–water partition coefficient (Wildman–Crippen LogP) is 3.32. The minimum atomic E-state index is -1.23. The number of amides is 1. The van der Waals surface area contributed by atoms with Crippen molar-refractivity contribution < 1.29 is 19.2 Å². The van der Waals surface area contributed by atoms with Crippen LogP contribution >= 0.6 is 0 Å². The van der Waals surface area contributed by atoms with Crippen LogP contribution < -0.4 is 5.73 Å². The second-order valence-electron chi connectivity index (χ2n) is 6.52. The summed E-state index contributed by atoms with van der Waals surface area (Å²) in [6.07, 6.45) is -1.23. The summed E-state index contributed by atoms with van der Waals surface area (Å²) < 4.78 is 4.58. The smallest absolute Gasteiger partial charge is 0.373 e. The fourth-order valence-electron chi connectivity index (χ4n) is 3.60. The lowest BCUT2D eigenvalue weighted by Crippen LogP contribution is -2.34. The Morgan fingerprint density at radius 1 is 1.27 bits per heavy atom. The van der Waals surface area contributed by atoms with Crippen LogP contribution in [0.3, 0.4) is 0 Å². The van der Waals surface area contributed by atoms with Crippen molar-refractivity contribution in [2.75, 3.05) is 0 Å². The molecule has 2 N–H and O–H groups in total. The Morgan fingerprint density at radius 2 is 1.88 bits per heavy atom. The summed E-state index contributed by atoms with van der Waals surface area (Å²) in [5.74, 6) is -1.83. The molecule has 1 aliphatic rings. The molecule has 8 heteroatoms. The summed E-state index contributed by atoms with van der Waals surface area (Å²) in [4.78, 5) is 39.1. The fourth-order valence-corrected chi connectivity index (χ4v) is 3.60. The number of para-hydroxylation sites is 1. The topological polar surface area (TPSA) is 125 Å². The predicted molar refractivity (Wildman–Crippen MR) is 95.6 cm³/mol. The number of ether oxygens (including phenoxy) is 1. The van der Waals surface area contributed by atoms with E-state index in [9.17, 15) is 19.7 Å². The van der Waals surface area contributed by atoms with E-state index in [1.54, 1.807) is 25.1 Å². The van der Waals surface area contributed by atoms with E-state index in [4.69, 9.17) is 5.73 Å². The molecule has 0 fully saturated rings. The number of nitro benzene ring substituents is 1. The van der Waals surface area contributed by atoms with Crippen LogP contribution in [0.4, 0.5) is 10.5 Å². The van der Waals surface area contributed by atoms with Crippen LogP contribution in [0.25, 0.3) is 0 Å². The zero-order chi connectivity index (χ0) is 19.6. The lowest BCUT2D eigenvalue weighted by atomic mass is 9.70. The second-order valence-corrected chi connectivity index (χ2v) is 6.52. The summed E-state index contributed by atoms with van der Waals surface area (Å²) in [6, 6.07) is 6.24. The van der Waals surface area contributed by atoms with Crippen molar-refractivity contribution in [1.29, 1.82) is 0 Å². The molecule has 1 aromatic carbocycles. The van der Waals surface area contributed by atoms with Crippen molar-refractivity contribution in [1.82, 2.24) is 0 Å². The van der Waals surface area contributed by atoms with Gasteiger partial charge in [0.05, 0.1) is 10.5 Å². The molecule has 0 saturated heterocycles. The molecule has 0 aliphatic carbocycles. The molecule has 0 radical (unpaired) electrons. The van der Waals surface area contributed by atoms with Crippen LogP contribution in [0.5, 0.6) is 0 Å². The highest BCUT2D eigenvalue weighted by Crippen LogP contribution is 2.45. The first-order valence-electron chi connectivity index (χ1n) is 8.16. The van der Waals surface area contributed by atoms with Crippen LogP contribution in [0.1, 0.15) is 39.2 Å². The monoisotopic (exact) mass is 359 g/mol. The first-order chi connectivity index (χ1) is 12.1. The van der Waals surface area contributed by atoms with Crippen molar-refractivity contribution in [3.63, 3.8) is 0 Å². The van der Waals surface area contributed by atoms with Gasteiger partial charge < -0.3 is 10.5 Å². The molecule has 2 unspecified atom stereocenters. The fraction of sp³-hybridized carbons (Fsp3) is 0.389. The van der Waals surface area contributed by atoms with E-state index >= 15 is 0 Å². The summed E-state index contributed by atoms with van der Waals surface area (Å²) in [7, 11) is 0. The van der Waals surface area contributed by atoms with Crippen LogP contribution in [-0.2, 0) is 9.53 Å². The molecule has 26 heavy (non-hydrogen) atoms. The first-order valence-corrected chi connectivity index (χ1v) is 8.16.